The zero-order valence-corrected chi connectivity index (χ0v) is 11.0. The van der Waals surface area contributed by atoms with Gasteiger partial charge in [0.2, 0.25) is 5.43 Å². The van der Waals surface area contributed by atoms with Crippen molar-refractivity contribution < 1.29 is 4.74 Å². The smallest absolute Gasteiger partial charge is 0.204 e. The van der Waals surface area contributed by atoms with Crippen molar-refractivity contribution in [2.75, 3.05) is 7.11 Å². The molecule has 1 aromatic carbocycles. The monoisotopic (exact) mass is 331 g/mol. The highest BCUT2D eigenvalue weighted by molar-refractivity contribution is 9.11. The van der Waals surface area contributed by atoms with Gasteiger partial charge in [-0.05, 0) is 44.0 Å². The number of benzene rings is 1. The third-order valence-electron chi connectivity index (χ3n) is 2.12. The Morgan fingerprint density at radius 3 is 2.67 bits per heavy atom. The van der Waals surface area contributed by atoms with Gasteiger partial charge in [-0.25, -0.2) is 0 Å². The van der Waals surface area contributed by atoms with Crippen molar-refractivity contribution in [1.82, 2.24) is 4.98 Å². The minimum absolute atomic E-state index is 0.0606. The number of ether oxygens (including phenoxy) is 1. The lowest BCUT2D eigenvalue weighted by Gasteiger charge is -2.06. The SMILES string of the molecule is COc1ccc(Br)c2c(=O)c(Br)c[nH]c12. The summed E-state index contributed by atoms with van der Waals surface area (Å²) in [6.07, 6.45) is 1.61. The van der Waals surface area contributed by atoms with Crippen molar-refractivity contribution >= 4 is 42.8 Å². The number of hydrogen-bond acceptors (Lipinski definition) is 2. The Morgan fingerprint density at radius 2 is 2.00 bits per heavy atom. The normalized spacial score (nSPS) is 10.6. The maximum atomic E-state index is 11.9. The van der Waals surface area contributed by atoms with Crippen molar-refractivity contribution in [3.63, 3.8) is 0 Å². The maximum Gasteiger partial charge on any atom is 0.204 e. The highest BCUT2D eigenvalue weighted by Gasteiger charge is 2.10. The van der Waals surface area contributed by atoms with E-state index in [2.05, 4.69) is 36.8 Å². The van der Waals surface area contributed by atoms with Crippen LogP contribution in [-0.4, -0.2) is 12.1 Å². The minimum atomic E-state index is -0.0606. The van der Waals surface area contributed by atoms with Crippen LogP contribution < -0.4 is 10.2 Å². The summed E-state index contributed by atoms with van der Waals surface area (Å²) in [6, 6.07) is 3.60. The summed E-state index contributed by atoms with van der Waals surface area (Å²) in [5.41, 5.74) is 0.634. The van der Waals surface area contributed by atoms with Gasteiger partial charge >= 0.3 is 0 Å². The number of fused-ring (bicyclic) bond motifs is 1. The average Bonchev–Trinajstić information content (AvgIpc) is 2.24. The van der Waals surface area contributed by atoms with E-state index in [0.29, 0.717) is 21.1 Å². The van der Waals surface area contributed by atoms with E-state index in [1.807, 2.05) is 0 Å². The summed E-state index contributed by atoms with van der Waals surface area (Å²) in [5, 5.41) is 0.587. The van der Waals surface area contributed by atoms with E-state index in [9.17, 15) is 4.79 Å². The molecule has 0 bridgehead atoms. The van der Waals surface area contributed by atoms with E-state index in [-0.39, 0.29) is 5.43 Å². The predicted molar refractivity (Wildman–Crippen MR) is 66.5 cm³/mol. The molecule has 78 valence electrons. The lowest BCUT2D eigenvalue weighted by Crippen LogP contribution is -2.05. The molecule has 5 heteroatoms. The molecule has 0 atom stereocenters. The number of rotatable bonds is 1. The third kappa shape index (κ3) is 1.70. The van der Waals surface area contributed by atoms with E-state index in [1.165, 1.54) is 0 Å². The summed E-state index contributed by atoms with van der Waals surface area (Å²) in [5.74, 6) is 0.651. The number of H-pyrrole nitrogens is 1. The van der Waals surface area contributed by atoms with Crippen LogP contribution in [0, 0.1) is 0 Å². The number of methoxy groups -OCH3 is 1. The molecular formula is C10H7Br2NO2. The molecule has 2 aromatic rings. The molecule has 1 heterocycles. The predicted octanol–water partition coefficient (Wildman–Crippen LogP) is 3.06. The highest BCUT2D eigenvalue weighted by atomic mass is 79.9. The number of aromatic nitrogens is 1. The number of nitrogens with one attached hydrogen (secondary N) is 1. The summed E-state index contributed by atoms with van der Waals surface area (Å²) < 4.78 is 6.43. The van der Waals surface area contributed by atoms with Gasteiger partial charge in [0.05, 0.1) is 22.5 Å². The first-order valence-electron chi connectivity index (χ1n) is 4.18. The van der Waals surface area contributed by atoms with Gasteiger partial charge in [0, 0.05) is 10.7 Å². The van der Waals surface area contributed by atoms with Crippen molar-refractivity contribution in [2.45, 2.75) is 0 Å². The van der Waals surface area contributed by atoms with E-state index in [1.54, 1.807) is 25.4 Å². The molecule has 15 heavy (non-hydrogen) atoms. The van der Waals surface area contributed by atoms with Crippen molar-refractivity contribution in [3.8, 4) is 5.75 Å². The van der Waals surface area contributed by atoms with Crippen LogP contribution in [0.3, 0.4) is 0 Å². The second kappa shape index (κ2) is 3.98. The van der Waals surface area contributed by atoms with Crippen LogP contribution in [-0.2, 0) is 0 Å². The minimum Gasteiger partial charge on any atom is -0.495 e. The van der Waals surface area contributed by atoms with Crippen LogP contribution >= 0.6 is 31.9 Å². The Kier molecular flexibility index (Phi) is 2.84. The molecule has 3 nitrogen and oxygen atoms in total. The topological polar surface area (TPSA) is 42.1 Å². The highest BCUT2D eigenvalue weighted by Crippen LogP contribution is 2.28. The molecule has 0 unspecified atom stereocenters. The van der Waals surface area contributed by atoms with Crippen LogP contribution in [0.4, 0.5) is 0 Å². The Bertz CT molecular complexity index is 577. The first-order valence-corrected chi connectivity index (χ1v) is 5.77. The van der Waals surface area contributed by atoms with Crippen molar-refractivity contribution in [2.24, 2.45) is 0 Å². The molecule has 0 amide bonds. The number of hydrogen-bond donors (Lipinski definition) is 1. The third-order valence-corrected chi connectivity index (χ3v) is 3.37. The molecule has 0 radical (unpaired) electrons. The van der Waals surface area contributed by atoms with E-state index >= 15 is 0 Å². The van der Waals surface area contributed by atoms with Gasteiger partial charge < -0.3 is 9.72 Å². The Morgan fingerprint density at radius 1 is 1.27 bits per heavy atom. The number of aromatic amines is 1. The first-order chi connectivity index (χ1) is 7.15. The van der Waals surface area contributed by atoms with Crippen molar-refractivity contribution in [1.29, 1.82) is 0 Å². The molecule has 1 N–H and O–H groups in total. The van der Waals surface area contributed by atoms with E-state index in [4.69, 9.17) is 4.74 Å². The maximum absolute atomic E-state index is 11.9. The lowest BCUT2D eigenvalue weighted by molar-refractivity contribution is 0.419. The Balaban J connectivity index is 3.00. The van der Waals surface area contributed by atoms with E-state index in [0.717, 1.165) is 4.47 Å². The van der Waals surface area contributed by atoms with Gasteiger partial charge in [-0.3, -0.25) is 4.79 Å². The quantitative estimate of drug-likeness (QED) is 0.872. The molecule has 0 saturated carbocycles. The second-order valence-electron chi connectivity index (χ2n) is 2.97. The largest absolute Gasteiger partial charge is 0.495 e. The molecule has 0 spiro atoms. The summed E-state index contributed by atoms with van der Waals surface area (Å²) in [6.45, 7) is 0. The fourth-order valence-electron chi connectivity index (χ4n) is 1.41. The van der Waals surface area contributed by atoms with Gasteiger partial charge in [0.1, 0.15) is 5.75 Å². The van der Waals surface area contributed by atoms with Crippen LogP contribution in [0.5, 0.6) is 5.75 Å². The van der Waals surface area contributed by atoms with Gasteiger partial charge in [0.15, 0.2) is 0 Å². The Labute approximate surface area is 103 Å². The van der Waals surface area contributed by atoms with Crippen LogP contribution in [0.25, 0.3) is 10.9 Å². The molecule has 0 aliphatic heterocycles. The molecular weight excluding hydrogens is 326 g/mol. The van der Waals surface area contributed by atoms with Crippen LogP contribution in [0.15, 0.2) is 32.1 Å². The fraction of sp³-hybridized carbons (Fsp3) is 0.100. The zero-order chi connectivity index (χ0) is 11.0. The lowest BCUT2D eigenvalue weighted by atomic mass is 10.2. The van der Waals surface area contributed by atoms with Crippen LogP contribution in [0.1, 0.15) is 0 Å². The molecule has 0 saturated heterocycles. The van der Waals surface area contributed by atoms with E-state index < -0.39 is 0 Å². The first kappa shape index (κ1) is 10.7. The second-order valence-corrected chi connectivity index (χ2v) is 4.67. The van der Waals surface area contributed by atoms with Gasteiger partial charge in [-0.15, -0.1) is 0 Å². The number of halogens is 2. The van der Waals surface area contributed by atoms with Gasteiger partial charge in [0.25, 0.3) is 0 Å². The Hall–Kier alpha value is -0.810. The standard InChI is InChI=1S/C10H7Br2NO2/c1-15-7-3-2-5(11)8-9(7)13-4-6(12)10(8)14/h2-4H,1H3,(H,13,14). The average molecular weight is 333 g/mol. The molecule has 1 aromatic heterocycles. The van der Waals surface area contributed by atoms with Gasteiger partial charge in [-0.2, -0.15) is 0 Å². The summed E-state index contributed by atoms with van der Waals surface area (Å²) in [7, 11) is 1.57. The molecule has 0 aliphatic carbocycles. The molecule has 0 fully saturated rings. The zero-order valence-electron chi connectivity index (χ0n) is 7.80. The van der Waals surface area contributed by atoms with Crippen molar-refractivity contribution in [3.05, 3.63) is 37.5 Å². The summed E-state index contributed by atoms with van der Waals surface area (Å²) in [4.78, 5) is 14.9. The van der Waals surface area contributed by atoms with Gasteiger partial charge in [-0.1, -0.05) is 0 Å². The van der Waals surface area contributed by atoms with Crippen LogP contribution in [0.2, 0.25) is 0 Å². The number of pyridine rings is 1. The fourth-order valence-corrected chi connectivity index (χ4v) is 2.24. The summed E-state index contributed by atoms with van der Waals surface area (Å²) >= 11 is 6.54. The molecule has 2 rings (SSSR count). The molecule has 0 aliphatic rings.